The number of anilines is 1. The Kier molecular flexibility index (Phi) is 5.68. The van der Waals surface area contributed by atoms with Gasteiger partial charge in [0.05, 0.1) is 23.5 Å². The number of carboxylic acid groups (broad SMARTS) is 1. The molecule has 4 N–H and O–H groups in total. The van der Waals surface area contributed by atoms with E-state index in [4.69, 9.17) is 10.8 Å². The van der Waals surface area contributed by atoms with Crippen LogP contribution in [0.15, 0.2) is 23.1 Å². The van der Waals surface area contributed by atoms with Gasteiger partial charge in [0, 0.05) is 12.2 Å². The van der Waals surface area contributed by atoms with E-state index in [1.807, 2.05) is 0 Å². The van der Waals surface area contributed by atoms with Crippen LogP contribution in [0.3, 0.4) is 0 Å². The number of sulfonamides is 1. The van der Waals surface area contributed by atoms with E-state index in [0.717, 1.165) is 12.1 Å². The van der Waals surface area contributed by atoms with Gasteiger partial charge in [-0.2, -0.15) is 0 Å². The first-order chi connectivity index (χ1) is 9.77. The lowest BCUT2D eigenvalue weighted by atomic mass is 10.2. The molecule has 116 valence electrons. The molecular formula is C12H16N2O6S. The minimum absolute atomic E-state index is 0.116. The van der Waals surface area contributed by atoms with Crippen molar-refractivity contribution in [2.24, 2.45) is 0 Å². The predicted molar refractivity (Wildman–Crippen MR) is 74.3 cm³/mol. The van der Waals surface area contributed by atoms with E-state index in [9.17, 15) is 18.0 Å². The lowest BCUT2D eigenvalue weighted by Gasteiger charge is -2.10. The van der Waals surface area contributed by atoms with Crippen LogP contribution >= 0.6 is 0 Å². The van der Waals surface area contributed by atoms with Gasteiger partial charge in [0.2, 0.25) is 10.0 Å². The first-order valence-electron chi connectivity index (χ1n) is 6.06. The number of ether oxygens (including phenoxy) is 1. The quantitative estimate of drug-likeness (QED) is 0.483. The fraction of sp³-hybridized carbons (Fsp3) is 0.333. The van der Waals surface area contributed by atoms with Gasteiger partial charge in [0.1, 0.15) is 0 Å². The summed E-state index contributed by atoms with van der Waals surface area (Å²) in [6.45, 7) is 1.63. The van der Waals surface area contributed by atoms with Crippen LogP contribution in [0.25, 0.3) is 0 Å². The number of hydrogen-bond acceptors (Lipinski definition) is 6. The number of carbonyl (C=O) groups is 2. The largest absolute Gasteiger partial charge is 0.478 e. The molecule has 0 heterocycles. The zero-order valence-electron chi connectivity index (χ0n) is 11.3. The number of nitrogens with two attached hydrogens (primary N) is 1. The van der Waals surface area contributed by atoms with Crippen LogP contribution in [0, 0.1) is 0 Å². The summed E-state index contributed by atoms with van der Waals surface area (Å²) in [6.07, 6.45) is -0.155. The first kappa shape index (κ1) is 16.9. The fourth-order valence-electron chi connectivity index (χ4n) is 1.54. The van der Waals surface area contributed by atoms with Crippen molar-refractivity contribution >= 4 is 27.6 Å². The van der Waals surface area contributed by atoms with E-state index < -0.39 is 32.4 Å². The SMILES string of the molecule is CCOC(=O)CCNS(=O)(=O)c1cc(N)ccc1C(=O)O. The molecule has 0 radical (unpaired) electrons. The summed E-state index contributed by atoms with van der Waals surface area (Å²) in [5, 5.41) is 9.00. The van der Waals surface area contributed by atoms with Crippen LogP contribution in [-0.2, 0) is 19.6 Å². The highest BCUT2D eigenvalue weighted by Crippen LogP contribution is 2.19. The standard InChI is InChI=1S/C12H16N2O6S/c1-2-20-11(15)5-6-14-21(18,19)10-7-8(13)3-4-9(10)12(16)17/h3-4,7,14H,2,5-6,13H2,1H3,(H,16,17). The normalized spacial score (nSPS) is 11.1. The fourth-order valence-corrected chi connectivity index (χ4v) is 2.80. The third kappa shape index (κ3) is 4.72. The van der Waals surface area contributed by atoms with Gasteiger partial charge in [-0.3, -0.25) is 4.79 Å². The Hall–Kier alpha value is -2.13. The predicted octanol–water partition coefficient (Wildman–Crippen LogP) is 0.198. The molecule has 0 unspecified atom stereocenters. The molecule has 21 heavy (non-hydrogen) atoms. The van der Waals surface area contributed by atoms with Crippen LogP contribution in [0.2, 0.25) is 0 Å². The lowest BCUT2D eigenvalue weighted by molar-refractivity contribution is -0.142. The third-order valence-electron chi connectivity index (χ3n) is 2.45. The van der Waals surface area contributed by atoms with Crippen LogP contribution in [0.1, 0.15) is 23.7 Å². The van der Waals surface area contributed by atoms with Crippen LogP contribution in [0.5, 0.6) is 0 Å². The van der Waals surface area contributed by atoms with E-state index in [0.29, 0.717) is 0 Å². The van der Waals surface area contributed by atoms with Crippen LogP contribution < -0.4 is 10.5 Å². The number of carbonyl (C=O) groups excluding carboxylic acids is 1. The number of rotatable bonds is 7. The van der Waals surface area contributed by atoms with Crippen LogP contribution in [0.4, 0.5) is 5.69 Å². The Balaban J connectivity index is 2.90. The Labute approximate surface area is 122 Å². The lowest BCUT2D eigenvalue weighted by Crippen LogP contribution is -2.28. The topological polar surface area (TPSA) is 136 Å². The Morgan fingerprint density at radius 2 is 2.05 bits per heavy atom. The minimum atomic E-state index is -4.09. The first-order valence-corrected chi connectivity index (χ1v) is 7.54. The second-order valence-electron chi connectivity index (χ2n) is 4.01. The van der Waals surface area contributed by atoms with Gasteiger partial charge in [-0.1, -0.05) is 0 Å². The molecule has 8 nitrogen and oxygen atoms in total. The molecular weight excluding hydrogens is 300 g/mol. The van der Waals surface area contributed by atoms with Gasteiger partial charge >= 0.3 is 11.9 Å². The highest BCUT2D eigenvalue weighted by atomic mass is 32.2. The maximum absolute atomic E-state index is 12.1. The summed E-state index contributed by atoms with van der Waals surface area (Å²) < 4.78 is 30.9. The third-order valence-corrected chi connectivity index (χ3v) is 3.95. The van der Waals surface area contributed by atoms with Crippen molar-refractivity contribution in [3.8, 4) is 0 Å². The maximum Gasteiger partial charge on any atom is 0.337 e. The average molecular weight is 316 g/mol. The van der Waals surface area contributed by atoms with E-state index in [-0.39, 0.29) is 25.3 Å². The molecule has 0 aromatic heterocycles. The summed E-state index contributed by atoms with van der Waals surface area (Å²) >= 11 is 0. The number of hydrogen-bond donors (Lipinski definition) is 3. The van der Waals surface area contributed by atoms with Crippen molar-refractivity contribution < 1.29 is 27.9 Å². The highest BCUT2D eigenvalue weighted by molar-refractivity contribution is 7.89. The molecule has 0 atom stereocenters. The second kappa shape index (κ2) is 7.04. The molecule has 0 fully saturated rings. The second-order valence-corrected chi connectivity index (χ2v) is 5.75. The average Bonchev–Trinajstić information content (AvgIpc) is 2.38. The van der Waals surface area contributed by atoms with E-state index in [2.05, 4.69) is 9.46 Å². The van der Waals surface area contributed by atoms with Crippen LogP contribution in [-0.4, -0.2) is 38.6 Å². The summed E-state index contributed by atoms with van der Waals surface area (Å²) in [4.78, 5) is 21.7. The molecule has 0 bridgehead atoms. The summed E-state index contributed by atoms with van der Waals surface area (Å²) in [6, 6.07) is 3.45. The summed E-state index contributed by atoms with van der Waals surface area (Å²) in [7, 11) is -4.09. The molecule has 1 aromatic carbocycles. The zero-order valence-corrected chi connectivity index (χ0v) is 12.1. The Bertz CT molecular complexity index is 641. The molecule has 0 saturated heterocycles. The van der Waals surface area contributed by atoms with Gasteiger partial charge in [-0.05, 0) is 25.1 Å². The number of nitrogens with one attached hydrogen (secondary N) is 1. The van der Waals surface area contributed by atoms with Gasteiger partial charge in [0.15, 0.2) is 0 Å². The smallest absolute Gasteiger partial charge is 0.337 e. The molecule has 9 heteroatoms. The van der Waals surface area contributed by atoms with Crippen molar-refractivity contribution in [3.63, 3.8) is 0 Å². The summed E-state index contributed by atoms with van der Waals surface area (Å²) in [5.41, 5.74) is 5.20. The van der Waals surface area contributed by atoms with Gasteiger partial charge in [0.25, 0.3) is 0 Å². The Morgan fingerprint density at radius 3 is 2.62 bits per heavy atom. The highest BCUT2D eigenvalue weighted by Gasteiger charge is 2.22. The maximum atomic E-state index is 12.1. The van der Waals surface area contributed by atoms with E-state index >= 15 is 0 Å². The minimum Gasteiger partial charge on any atom is -0.478 e. The van der Waals surface area contributed by atoms with Gasteiger partial charge in [-0.15, -0.1) is 0 Å². The zero-order chi connectivity index (χ0) is 16.0. The van der Waals surface area contributed by atoms with Gasteiger partial charge in [-0.25, -0.2) is 17.9 Å². The summed E-state index contributed by atoms with van der Waals surface area (Å²) in [5.74, 6) is -1.94. The number of benzene rings is 1. The molecule has 0 aliphatic rings. The number of aromatic carboxylic acids is 1. The van der Waals surface area contributed by atoms with E-state index in [1.165, 1.54) is 6.07 Å². The monoisotopic (exact) mass is 316 g/mol. The Morgan fingerprint density at radius 1 is 1.38 bits per heavy atom. The molecule has 0 spiro atoms. The molecule has 0 aliphatic heterocycles. The van der Waals surface area contributed by atoms with Crippen molar-refractivity contribution in [2.45, 2.75) is 18.2 Å². The molecule has 1 rings (SSSR count). The van der Waals surface area contributed by atoms with Crippen molar-refractivity contribution in [1.82, 2.24) is 4.72 Å². The molecule has 1 aromatic rings. The van der Waals surface area contributed by atoms with Gasteiger partial charge < -0.3 is 15.6 Å². The molecule has 0 saturated carbocycles. The van der Waals surface area contributed by atoms with Crippen molar-refractivity contribution in [1.29, 1.82) is 0 Å². The number of nitrogen functional groups attached to an aromatic ring is 1. The number of carboxylic acids is 1. The van der Waals surface area contributed by atoms with Crippen molar-refractivity contribution in [3.05, 3.63) is 23.8 Å². The number of esters is 1. The molecule has 0 amide bonds. The van der Waals surface area contributed by atoms with Crippen molar-refractivity contribution in [2.75, 3.05) is 18.9 Å². The molecule has 0 aliphatic carbocycles. The van der Waals surface area contributed by atoms with E-state index in [1.54, 1.807) is 6.92 Å².